The number of hydrogen-bond acceptors (Lipinski definition) is 3. The largest absolute Gasteiger partial charge is 0.469 e. The standard InChI is InChI=1S/C11H14N2O/c1-3-4-9(7-12)11(13)10-5-6-14-8(10)2/h5-6H,3-4,13H2,1-2H3/b11-9-. The third-order valence-corrected chi connectivity index (χ3v) is 2.11. The first kappa shape index (κ1) is 10.4. The lowest BCUT2D eigenvalue weighted by Crippen LogP contribution is -2.01. The highest BCUT2D eigenvalue weighted by Crippen LogP contribution is 2.20. The molecule has 0 radical (unpaired) electrons. The molecule has 0 fully saturated rings. The second kappa shape index (κ2) is 4.52. The van der Waals surface area contributed by atoms with Gasteiger partial charge < -0.3 is 10.2 Å². The van der Waals surface area contributed by atoms with Gasteiger partial charge in [-0.15, -0.1) is 0 Å². The molecule has 0 aromatic carbocycles. The van der Waals surface area contributed by atoms with E-state index in [1.807, 2.05) is 13.8 Å². The molecule has 0 aliphatic heterocycles. The molecule has 0 aliphatic rings. The first-order valence-electron chi connectivity index (χ1n) is 4.63. The Morgan fingerprint density at radius 1 is 1.64 bits per heavy atom. The van der Waals surface area contributed by atoms with Crippen LogP contribution in [0.3, 0.4) is 0 Å². The summed E-state index contributed by atoms with van der Waals surface area (Å²) in [6, 6.07) is 3.92. The normalized spacial score (nSPS) is 12.1. The number of nitrogens with two attached hydrogens (primary N) is 1. The smallest absolute Gasteiger partial charge is 0.109 e. The van der Waals surface area contributed by atoms with Crippen LogP contribution in [0, 0.1) is 18.3 Å². The van der Waals surface area contributed by atoms with Gasteiger partial charge in [0.15, 0.2) is 0 Å². The summed E-state index contributed by atoms with van der Waals surface area (Å²) in [5.74, 6) is 0.756. The van der Waals surface area contributed by atoms with Gasteiger partial charge in [0.2, 0.25) is 0 Å². The fraction of sp³-hybridized carbons (Fsp3) is 0.364. The van der Waals surface area contributed by atoms with Crippen LogP contribution < -0.4 is 5.73 Å². The van der Waals surface area contributed by atoms with Crippen molar-refractivity contribution < 1.29 is 4.42 Å². The minimum Gasteiger partial charge on any atom is -0.469 e. The van der Waals surface area contributed by atoms with Crippen molar-refractivity contribution in [3.63, 3.8) is 0 Å². The van der Waals surface area contributed by atoms with Gasteiger partial charge in [-0.25, -0.2) is 0 Å². The number of nitrogens with zero attached hydrogens (tertiary/aromatic N) is 1. The van der Waals surface area contributed by atoms with E-state index < -0.39 is 0 Å². The molecule has 1 aromatic heterocycles. The summed E-state index contributed by atoms with van der Waals surface area (Å²) in [5.41, 5.74) is 7.89. The van der Waals surface area contributed by atoms with E-state index in [2.05, 4.69) is 6.07 Å². The van der Waals surface area contributed by atoms with Gasteiger partial charge in [-0.2, -0.15) is 5.26 Å². The number of nitriles is 1. The van der Waals surface area contributed by atoms with Crippen molar-refractivity contribution in [3.8, 4) is 6.07 Å². The summed E-state index contributed by atoms with van der Waals surface area (Å²) >= 11 is 0. The molecule has 0 amide bonds. The first-order valence-corrected chi connectivity index (χ1v) is 4.63. The van der Waals surface area contributed by atoms with Crippen LogP contribution in [0.1, 0.15) is 31.1 Å². The highest BCUT2D eigenvalue weighted by molar-refractivity contribution is 5.70. The quantitative estimate of drug-likeness (QED) is 0.745. The highest BCUT2D eigenvalue weighted by atomic mass is 16.3. The lowest BCUT2D eigenvalue weighted by Gasteiger charge is -2.02. The van der Waals surface area contributed by atoms with E-state index in [4.69, 9.17) is 15.4 Å². The summed E-state index contributed by atoms with van der Waals surface area (Å²) < 4.78 is 5.13. The van der Waals surface area contributed by atoms with Gasteiger partial charge in [-0.3, -0.25) is 0 Å². The lowest BCUT2D eigenvalue weighted by molar-refractivity contribution is 0.533. The summed E-state index contributed by atoms with van der Waals surface area (Å²) in [7, 11) is 0. The fourth-order valence-corrected chi connectivity index (χ4v) is 1.33. The molecule has 2 N–H and O–H groups in total. The molecule has 14 heavy (non-hydrogen) atoms. The Morgan fingerprint density at radius 3 is 2.79 bits per heavy atom. The van der Waals surface area contributed by atoms with Crippen molar-refractivity contribution in [3.05, 3.63) is 29.2 Å². The predicted molar refractivity (Wildman–Crippen MR) is 55.1 cm³/mol. The molecule has 0 saturated carbocycles. The molecule has 0 saturated heterocycles. The molecule has 1 heterocycles. The van der Waals surface area contributed by atoms with Gasteiger partial charge in [0.05, 0.1) is 23.6 Å². The topological polar surface area (TPSA) is 63.0 Å². The van der Waals surface area contributed by atoms with Crippen LogP contribution in [-0.2, 0) is 0 Å². The van der Waals surface area contributed by atoms with E-state index in [-0.39, 0.29) is 0 Å². The molecular weight excluding hydrogens is 176 g/mol. The van der Waals surface area contributed by atoms with Crippen LogP contribution in [-0.4, -0.2) is 0 Å². The highest BCUT2D eigenvalue weighted by Gasteiger charge is 2.09. The van der Waals surface area contributed by atoms with Gasteiger partial charge in [0.25, 0.3) is 0 Å². The zero-order valence-electron chi connectivity index (χ0n) is 8.50. The number of furan rings is 1. The number of rotatable bonds is 3. The molecule has 0 aliphatic carbocycles. The minimum absolute atomic E-state index is 0.542. The number of aryl methyl sites for hydroxylation is 1. The molecule has 0 bridgehead atoms. The Kier molecular flexibility index (Phi) is 3.35. The molecule has 3 nitrogen and oxygen atoms in total. The second-order valence-electron chi connectivity index (χ2n) is 3.14. The predicted octanol–water partition coefficient (Wildman–Crippen LogP) is 2.58. The van der Waals surface area contributed by atoms with Gasteiger partial charge in [0, 0.05) is 5.56 Å². The minimum atomic E-state index is 0.542. The monoisotopic (exact) mass is 190 g/mol. The van der Waals surface area contributed by atoms with Crippen LogP contribution in [0.15, 0.2) is 22.3 Å². The Bertz CT molecular complexity index is 382. The second-order valence-corrected chi connectivity index (χ2v) is 3.14. The van der Waals surface area contributed by atoms with E-state index >= 15 is 0 Å². The molecule has 0 spiro atoms. The van der Waals surface area contributed by atoms with Crippen LogP contribution in [0.25, 0.3) is 5.70 Å². The average Bonchev–Trinajstić information content (AvgIpc) is 2.59. The zero-order chi connectivity index (χ0) is 10.6. The lowest BCUT2D eigenvalue weighted by atomic mass is 10.1. The zero-order valence-corrected chi connectivity index (χ0v) is 8.50. The van der Waals surface area contributed by atoms with Gasteiger partial charge >= 0.3 is 0 Å². The third-order valence-electron chi connectivity index (χ3n) is 2.11. The maximum atomic E-state index is 8.90. The van der Waals surface area contributed by atoms with Crippen LogP contribution in [0.4, 0.5) is 0 Å². The van der Waals surface area contributed by atoms with E-state index in [1.165, 1.54) is 0 Å². The Hall–Kier alpha value is -1.69. The van der Waals surface area contributed by atoms with Gasteiger partial charge in [0.1, 0.15) is 5.76 Å². The molecule has 1 aromatic rings. The number of allylic oxidation sites excluding steroid dienone is 1. The third kappa shape index (κ3) is 1.97. The molecule has 74 valence electrons. The van der Waals surface area contributed by atoms with Crippen molar-refractivity contribution in [1.82, 2.24) is 0 Å². The molecule has 3 heteroatoms. The summed E-state index contributed by atoms with van der Waals surface area (Å²) in [4.78, 5) is 0. The van der Waals surface area contributed by atoms with Gasteiger partial charge in [-0.1, -0.05) is 13.3 Å². The average molecular weight is 190 g/mol. The molecule has 0 atom stereocenters. The van der Waals surface area contributed by atoms with Crippen molar-refractivity contribution in [2.75, 3.05) is 0 Å². The molecular formula is C11H14N2O. The van der Waals surface area contributed by atoms with Crippen molar-refractivity contribution in [2.24, 2.45) is 5.73 Å². The van der Waals surface area contributed by atoms with Crippen molar-refractivity contribution in [1.29, 1.82) is 5.26 Å². The number of hydrogen-bond donors (Lipinski definition) is 1. The van der Waals surface area contributed by atoms with Crippen LogP contribution in [0.2, 0.25) is 0 Å². The van der Waals surface area contributed by atoms with Gasteiger partial charge in [-0.05, 0) is 19.4 Å². The summed E-state index contributed by atoms with van der Waals surface area (Å²) in [6.07, 6.45) is 3.21. The maximum absolute atomic E-state index is 8.90. The van der Waals surface area contributed by atoms with Crippen molar-refractivity contribution >= 4 is 5.70 Å². The maximum Gasteiger partial charge on any atom is 0.109 e. The van der Waals surface area contributed by atoms with Crippen LogP contribution >= 0.6 is 0 Å². The Labute approximate surface area is 83.8 Å². The Morgan fingerprint density at radius 2 is 2.36 bits per heavy atom. The van der Waals surface area contributed by atoms with E-state index in [9.17, 15) is 0 Å². The first-order chi connectivity index (χ1) is 6.70. The SMILES string of the molecule is CCC/C(C#N)=C(/N)c1ccoc1C. The summed E-state index contributed by atoms with van der Waals surface area (Å²) in [6.45, 7) is 3.86. The summed E-state index contributed by atoms with van der Waals surface area (Å²) in [5, 5.41) is 8.90. The Balaban J connectivity index is 3.09. The van der Waals surface area contributed by atoms with E-state index in [0.717, 1.165) is 17.7 Å². The van der Waals surface area contributed by atoms with Crippen LogP contribution in [0.5, 0.6) is 0 Å². The van der Waals surface area contributed by atoms with Crippen molar-refractivity contribution in [2.45, 2.75) is 26.7 Å². The fourth-order valence-electron chi connectivity index (χ4n) is 1.33. The van der Waals surface area contributed by atoms with E-state index in [1.54, 1.807) is 12.3 Å². The molecule has 1 rings (SSSR count). The molecule has 0 unspecified atom stereocenters. The van der Waals surface area contributed by atoms with E-state index in [0.29, 0.717) is 17.7 Å².